The van der Waals surface area contributed by atoms with Crippen molar-refractivity contribution in [1.82, 2.24) is 5.32 Å². The smallest absolute Gasteiger partial charge is 0.0765 e. The quantitative estimate of drug-likeness (QED) is 0.825. The van der Waals surface area contributed by atoms with Crippen molar-refractivity contribution in [2.24, 2.45) is 5.41 Å². The monoisotopic (exact) mass is 321 g/mol. The third-order valence-corrected chi connectivity index (χ3v) is 6.46. The zero-order chi connectivity index (χ0) is 14.5. The van der Waals surface area contributed by atoms with Crippen LogP contribution in [0.15, 0.2) is 35.0 Å². The molecule has 1 aliphatic carbocycles. The Morgan fingerprint density at radius 3 is 2.14 bits per heavy atom. The van der Waals surface area contributed by atoms with E-state index in [-0.39, 0.29) is 11.5 Å². The van der Waals surface area contributed by atoms with E-state index in [0.717, 1.165) is 19.4 Å². The van der Waals surface area contributed by atoms with Gasteiger partial charge in [0, 0.05) is 28.3 Å². The SMILES string of the molecule is OCC1(CNC(c2cccs2)c2cccs2)CCCCC1. The summed E-state index contributed by atoms with van der Waals surface area (Å²) in [4.78, 5) is 2.72. The standard InChI is InChI=1S/C17H23NOS2/c19-13-17(8-2-1-3-9-17)12-18-16(14-6-4-10-20-14)15-7-5-11-21-15/h4-7,10-11,16,18-19H,1-3,8-9,12-13H2. The molecular formula is C17H23NOS2. The highest BCUT2D eigenvalue weighted by atomic mass is 32.1. The first-order chi connectivity index (χ1) is 10.3. The molecule has 2 aromatic rings. The number of hydrogen-bond acceptors (Lipinski definition) is 4. The minimum Gasteiger partial charge on any atom is -0.396 e. The molecular weight excluding hydrogens is 298 g/mol. The fraction of sp³-hybridized carbons (Fsp3) is 0.529. The second kappa shape index (κ2) is 7.05. The number of nitrogens with one attached hydrogen (secondary N) is 1. The van der Waals surface area contributed by atoms with Gasteiger partial charge in [-0.2, -0.15) is 0 Å². The molecule has 1 aliphatic rings. The summed E-state index contributed by atoms with van der Waals surface area (Å²) in [6, 6.07) is 8.91. The third kappa shape index (κ3) is 3.57. The first-order valence-corrected chi connectivity index (χ1v) is 9.50. The number of aliphatic hydroxyl groups is 1. The first-order valence-electron chi connectivity index (χ1n) is 7.74. The van der Waals surface area contributed by atoms with Crippen molar-refractivity contribution < 1.29 is 5.11 Å². The van der Waals surface area contributed by atoms with Crippen LogP contribution in [-0.4, -0.2) is 18.3 Å². The van der Waals surface area contributed by atoms with Crippen molar-refractivity contribution in [1.29, 1.82) is 0 Å². The van der Waals surface area contributed by atoms with Gasteiger partial charge in [0.1, 0.15) is 0 Å². The summed E-state index contributed by atoms with van der Waals surface area (Å²) in [5, 5.41) is 17.9. The van der Waals surface area contributed by atoms with Gasteiger partial charge in [-0.05, 0) is 35.7 Å². The van der Waals surface area contributed by atoms with E-state index in [1.165, 1.54) is 29.0 Å². The zero-order valence-corrected chi connectivity index (χ0v) is 13.9. The first kappa shape index (κ1) is 15.2. The maximum Gasteiger partial charge on any atom is 0.0765 e. The summed E-state index contributed by atoms with van der Waals surface area (Å²) in [6.45, 7) is 1.21. The van der Waals surface area contributed by atoms with E-state index in [4.69, 9.17) is 0 Å². The molecule has 0 unspecified atom stereocenters. The molecule has 0 spiro atoms. The molecule has 0 saturated heterocycles. The minimum absolute atomic E-state index is 0.0883. The molecule has 2 heterocycles. The molecule has 0 aromatic carbocycles. The Hall–Kier alpha value is -0.680. The Labute approximate surface area is 134 Å². The van der Waals surface area contributed by atoms with Gasteiger partial charge in [-0.3, -0.25) is 0 Å². The zero-order valence-electron chi connectivity index (χ0n) is 12.3. The number of hydrogen-bond donors (Lipinski definition) is 2. The van der Waals surface area contributed by atoms with E-state index in [9.17, 15) is 5.11 Å². The fourth-order valence-corrected chi connectivity index (χ4v) is 4.97. The fourth-order valence-electron chi connectivity index (χ4n) is 3.26. The van der Waals surface area contributed by atoms with Crippen LogP contribution < -0.4 is 5.32 Å². The van der Waals surface area contributed by atoms with Crippen LogP contribution >= 0.6 is 22.7 Å². The van der Waals surface area contributed by atoms with Gasteiger partial charge < -0.3 is 10.4 Å². The van der Waals surface area contributed by atoms with Crippen molar-refractivity contribution >= 4 is 22.7 Å². The van der Waals surface area contributed by atoms with E-state index in [0.29, 0.717) is 6.61 Å². The van der Waals surface area contributed by atoms with Gasteiger partial charge in [0.2, 0.25) is 0 Å². The lowest BCUT2D eigenvalue weighted by atomic mass is 9.74. The molecule has 1 fully saturated rings. The van der Waals surface area contributed by atoms with Gasteiger partial charge in [0.15, 0.2) is 0 Å². The number of rotatable bonds is 6. The Morgan fingerprint density at radius 1 is 1.05 bits per heavy atom. The molecule has 114 valence electrons. The summed E-state index contributed by atoms with van der Waals surface area (Å²) < 4.78 is 0. The highest BCUT2D eigenvalue weighted by Crippen LogP contribution is 2.37. The van der Waals surface area contributed by atoms with Crippen LogP contribution in [0.3, 0.4) is 0 Å². The molecule has 0 atom stereocenters. The minimum atomic E-state index is 0.0883. The second-order valence-electron chi connectivity index (χ2n) is 6.06. The van der Waals surface area contributed by atoms with E-state index >= 15 is 0 Å². The highest BCUT2D eigenvalue weighted by Gasteiger charge is 2.32. The molecule has 3 rings (SSSR count). The molecule has 1 saturated carbocycles. The maximum absolute atomic E-state index is 9.88. The van der Waals surface area contributed by atoms with Crippen LogP contribution in [-0.2, 0) is 0 Å². The van der Waals surface area contributed by atoms with Crippen LogP contribution in [0, 0.1) is 5.41 Å². The summed E-state index contributed by atoms with van der Waals surface area (Å²) in [6.07, 6.45) is 6.13. The molecule has 2 N–H and O–H groups in total. The average molecular weight is 322 g/mol. The summed E-state index contributed by atoms with van der Waals surface area (Å²) >= 11 is 3.61. The molecule has 0 amide bonds. The predicted octanol–water partition coefficient (Wildman–Crippen LogP) is 4.43. The Kier molecular flexibility index (Phi) is 5.11. The normalized spacial score (nSPS) is 18.2. The van der Waals surface area contributed by atoms with Crippen LogP contribution in [0.4, 0.5) is 0 Å². The van der Waals surface area contributed by atoms with Crippen molar-refractivity contribution in [2.75, 3.05) is 13.2 Å². The molecule has 0 radical (unpaired) electrons. The van der Waals surface area contributed by atoms with Gasteiger partial charge >= 0.3 is 0 Å². The van der Waals surface area contributed by atoms with Gasteiger partial charge in [-0.15, -0.1) is 22.7 Å². The lowest BCUT2D eigenvalue weighted by Crippen LogP contribution is -2.40. The molecule has 0 bridgehead atoms. The van der Waals surface area contributed by atoms with E-state index in [1.54, 1.807) is 22.7 Å². The average Bonchev–Trinajstić information content (AvgIpc) is 3.22. The molecule has 2 aromatic heterocycles. The maximum atomic E-state index is 9.88. The van der Waals surface area contributed by atoms with Crippen LogP contribution in [0.5, 0.6) is 0 Å². The topological polar surface area (TPSA) is 32.3 Å². The number of aliphatic hydroxyl groups excluding tert-OH is 1. The molecule has 21 heavy (non-hydrogen) atoms. The lowest BCUT2D eigenvalue weighted by Gasteiger charge is -2.37. The lowest BCUT2D eigenvalue weighted by molar-refractivity contribution is 0.0797. The predicted molar refractivity (Wildman–Crippen MR) is 91.1 cm³/mol. The van der Waals surface area contributed by atoms with E-state index in [1.807, 2.05) is 0 Å². The summed E-state index contributed by atoms with van der Waals surface area (Å²) in [7, 11) is 0. The molecule has 2 nitrogen and oxygen atoms in total. The van der Waals surface area contributed by atoms with Crippen LogP contribution in [0.2, 0.25) is 0 Å². The van der Waals surface area contributed by atoms with Crippen LogP contribution in [0.1, 0.15) is 47.9 Å². The summed E-state index contributed by atoms with van der Waals surface area (Å²) in [5.74, 6) is 0. The largest absolute Gasteiger partial charge is 0.396 e. The van der Waals surface area contributed by atoms with Crippen LogP contribution in [0.25, 0.3) is 0 Å². The molecule has 4 heteroatoms. The van der Waals surface area contributed by atoms with Gasteiger partial charge in [-0.1, -0.05) is 31.4 Å². The highest BCUT2D eigenvalue weighted by molar-refractivity contribution is 7.11. The Bertz CT molecular complexity index is 481. The Morgan fingerprint density at radius 2 is 1.67 bits per heavy atom. The van der Waals surface area contributed by atoms with E-state index < -0.39 is 0 Å². The Balaban J connectivity index is 1.73. The van der Waals surface area contributed by atoms with Crippen molar-refractivity contribution in [3.8, 4) is 0 Å². The number of thiophene rings is 2. The third-order valence-electron chi connectivity index (χ3n) is 4.59. The second-order valence-corrected chi connectivity index (χ2v) is 8.02. The molecule has 0 aliphatic heterocycles. The van der Waals surface area contributed by atoms with Crippen molar-refractivity contribution in [3.05, 3.63) is 44.8 Å². The van der Waals surface area contributed by atoms with Gasteiger partial charge in [0.05, 0.1) is 6.04 Å². The van der Waals surface area contributed by atoms with Gasteiger partial charge in [-0.25, -0.2) is 0 Å². The van der Waals surface area contributed by atoms with Crippen molar-refractivity contribution in [3.63, 3.8) is 0 Å². The van der Waals surface area contributed by atoms with E-state index in [2.05, 4.69) is 40.3 Å². The van der Waals surface area contributed by atoms with Gasteiger partial charge in [0.25, 0.3) is 0 Å². The van der Waals surface area contributed by atoms with Crippen molar-refractivity contribution in [2.45, 2.75) is 38.1 Å². The summed E-state index contributed by atoms with van der Waals surface area (Å²) in [5.41, 5.74) is 0.0883.